The molecule has 23 heavy (non-hydrogen) atoms. The van der Waals surface area contributed by atoms with Gasteiger partial charge in [0.05, 0.1) is 11.3 Å². The topological polar surface area (TPSA) is 80.9 Å². The zero-order chi connectivity index (χ0) is 17.1. The van der Waals surface area contributed by atoms with Crippen molar-refractivity contribution >= 4 is 18.1 Å². The lowest BCUT2D eigenvalue weighted by molar-refractivity contribution is 0.0694. The van der Waals surface area contributed by atoms with Crippen LogP contribution in [-0.4, -0.2) is 30.8 Å². The van der Waals surface area contributed by atoms with Crippen molar-refractivity contribution in [2.45, 2.75) is 26.2 Å². The van der Waals surface area contributed by atoms with Gasteiger partial charge in [-0.25, -0.2) is 23.5 Å². The van der Waals surface area contributed by atoms with Crippen LogP contribution in [0.1, 0.15) is 59.3 Å². The fourth-order valence-corrected chi connectivity index (χ4v) is 2.08. The first-order valence-corrected chi connectivity index (χ1v) is 6.89. The highest BCUT2D eigenvalue weighted by Gasteiger charge is 2.17. The standard InChI is InChI=1S/C15H16F2N4O2/c1-8(2)12-10(15(22)23)6-18-11(19-12)5-4-9-7-21(3)20-13(9)14(16)17/h4-8,14H,1-3H3,(H,22,23). The lowest BCUT2D eigenvalue weighted by Gasteiger charge is -2.08. The SMILES string of the molecule is CC(C)c1nc(C=Cc2cn(C)nc2C(F)F)ncc1C(=O)O. The molecule has 0 aromatic carbocycles. The van der Waals surface area contributed by atoms with Gasteiger partial charge in [0, 0.05) is 25.0 Å². The van der Waals surface area contributed by atoms with Gasteiger partial charge in [0.15, 0.2) is 5.82 Å². The monoisotopic (exact) mass is 322 g/mol. The summed E-state index contributed by atoms with van der Waals surface area (Å²) in [5, 5.41) is 12.8. The molecule has 2 rings (SSSR count). The van der Waals surface area contributed by atoms with Gasteiger partial charge >= 0.3 is 5.97 Å². The Kier molecular flexibility index (Phi) is 4.83. The average molecular weight is 322 g/mol. The second kappa shape index (κ2) is 6.64. The van der Waals surface area contributed by atoms with Gasteiger partial charge in [0.1, 0.15) is 5.69 Å². The highest BCUT2D eigenvalue weighted by atomic mass is 19.3. The van der Waals surface area contributed by atoms with E-state index in [0.717, 1.165) is 0 Å². The van der Waals surface area contributed by atoms with Gasteiger partial charge in [0.2, 0.25) is 0 Å². The van der Waals surface area contributed by atoms with Gasteiger partial charge in [-0.3, -0.25) is 4.68 Å². The normalized spacial score (nSPS) is 11.8. The Morgan fingerprint density at radius 2 is 2.00 bits per heavy atom. The first-order valence-electron chi connectivity index (χ1n) is 6.89. The lowest BCUT2D eigenvalue weighted by Crippen LogP contribution is -2.08. The molecule has 0 bridgehead atoms. The van der Waals surface area contributed by atoms with E-state index in [1.54, 1.807) is 7.05 Å². The molecule has 0 spiro atoms. The second-order valence-corrected chi connectivity index (χ2v) is 5.26. The van der Waals surface area contributed by atoms with Crippen molar-refractivity contribution in [3.8, 4) is 0 Å². The predicted octanol–water partition coefficient (Wildman–Crippen LogP) is 3.14. The first kappa shape index (κ1) is 16.7. The van der Waals surface area contributed by atoms with Gasteiger partial charge in [-0.1, -0.05) is 13.8 Å². The number of aromatic carboxylic acids is 1. The van der Waals surface area contributed by atoms with E-state index in [1.165, 1.54) is 29.2 Å². The summed E-state index contributed by atoms with van der Waals surface area (Å²) in [7, 11) is 1.55. The molecule has 2 heterocycles. The average Bonchev–Trinajstić information content (AvgIpc) is 2.86. The summed E-state index contributed by atoms with van der Waals surface area (Å²) < 4.78 is 27.0. The lowest BCUT2D eigenvalue weighted by atomic mass is 10.1. The summed E-state index contributed by atoms with van der Waals surface area (Å²) in [5.41, 5.74) is 0.369. The quantitative estimate of drug-likeness (QED) is 0.914. The summed E-state index contributed by atoms with van der Waals surface area (Å²) in [4.78, 5) is 19.3. The van der Waals surface area contributed by atoms with Crippen LogP contribution in [0.25, 0.3) is 12.2 Å². The van der Waals surface area contributed by atoms with Gasteiger partial charge in [-0.15, -0.1) is 0 Å². The van der Waals surface area contributed by atoms with E-state index in [9.17, 15) is 13.6 Å². The molecule has 0 saturated heterocycles. The number of carbonyl (C=O) groups is 1. The maximum atomic E-state index is 12.9. The largest absolute Gasteiger partial charge is 0.478 e. The van der Waals surface area contributed by atoms with Crippen LogP contribution in [0.4, 0.5) is 8.78 Å². The predicted molar refractivity (Wildman–Crippen MR) is 80.2 cm³/mol. The molecule has 0 radical (unpaired) electrons. The zero-order valence-corrected chi connectivity index (χ0v) is 12.9. The van der Waals surface area contributed by atoms with Crippen LogP contribution in [-0.2, 0) is 7.05 Å². The molecular weight excluding hydrogens is 306 g/mol. The summed E-state index contributed by atoms with van der Waals surface area (Å²) in [5.74, 6) is -0.953. The Bertz CT molecular complexity index is 754. The summed E-state index contributed by atoms with van der Waals surface area (Å²) in [6.45, 7) is 3.64. The maximum absolute atomic E-state index is 12.9. The third-order valence-electron chi connectivity index (χ3n) is 3.12. The highest BCUT2D eigenvalue weighted by molar-refractivity contribution is 5.88. The van der Waals surface area contributed by atoms with Gasteiger partial charge in [-0.2, -0.15) is 5.10 Å². The number of rotatable bonds is 5. The van der Waals surface area contributed by atoms with E-state index >= 15 is 0 Å². The van der Waals surface area contributed by atoms with E-state index < -0.39 is 12.4 Å². The maximum Gasteiger partial charge on any atom is 0.339 e. The van der Waals surface area contributed by atoms with Crippen molar-refractivity contribution in [2.75, 3.05) is 0 Å². The number of halogens is 2. The van der Waals surface area contributed by atoms with Gasteiger partial charge in [-0.05, 0) is 18.1 Å². The van der Waals surface area contributed by atoms with Crippen molar-refractivity contribution in [3.63, 3.8) is 0 Å². The van der Waals surface area contributed by atoms with Crippen molar-refractivity contribution in [2.24, 2.45) is 7.05 Å². The molecule has 122 valence electrons. The number of hydrogen-bond donors (Lipinski definition) is 1. The molecule has 0 atom stereocenters. The third kappa shape index (κ3) is 3.77. The second-order valence-electron chi connectivity index (χ2n) is 5.26. The summed E-state index contributed by atoms with van der Waals surface area (Å²) >= 11 is 0. The number of carboxylic acids is 1. The minimum absolute atomic E-state index is 0.0341. The van der Waals surface area contributed by atoms with Crippen molar-refractivity contribution < 1.29 is 18.7 Å². The number of aromatic nitrogens is 4. The van der Waals surface area contributed by atoms with Crippen LogP contribution in [0.5, 0.6) is 0 Å². The minimum Gasteiger partial charge on any atom is -0.478 e. The first-order chi connectivity index (χ1) is 10.8. The molecule has 6 nitrogen and oxygen atoms in total. The van der Waals surface area contributed by atoms with Crippen molar-refractivity contribution in [1.29, 1.82) is 0 Å². The molecule has 0 unspecified atom stereocenters. The number of alkyl halides is 2. The fourth-order valence-electron chi connectivity index (χ4n) is 2.08. The van der Waals surface area contributed by atoms with Crippen molar-refractivity contribution in [3.05, 3.63) is 40.7 Å². The molecule has 2 aromatic rings. The smallest absolute Gasteiger partial charge is 0.339 e. The van der Waals surface area contributed by atoms with Crippen LogP contribution in [0.15, 0.2) is 12.4 Å². The molecule has 0 amide bonds. The third-order valence-corrected chi connectivity index (χ3v) is 3.12. The number of carboxylic acid groups (broad SMARTS) is 1. The highest BCUT2D eigenvalue weighted by Crippen LogP contribution is 2.23. The molecule has 0 aliphatic heterocycles. The zero-order valence-electron chi connectivity index (χ0n) is 12.9. The summed E-state index contributed by atoms with van der Waals surface area (Å²) in [6, 6.07) is 0. The van der Waals surface area contributed by atoms with Crippen LogP contribution < -0.4 is 0 Å². The fraction of sp³-hybridized carbons (Fsp3) is 0.333. The Morgan fingerprint density at radius 1 is 1.30 bits per heavy atom. The van der Waals surface area contributed by atoms with E-state index in [-0.39, 0.29) is 28.6 Å². The van der Waals surface area contributed by atoms with Crippen LogP contribution in [0.2, 0.25) is 0 Å². The number of hydrogen-bond acceptors (Lipinski definition) is 4. The number of nitrogens with zero attached hydrogens (tertiary/aromatic N) is 4. The summed E-state index contributed by atoms with van der Waals surface area (Å²) in [6.07, 6.45) is 2.90. The number of aryl methyl sites for hydroxylation is 1. The Balaban J connectivity index is 2.37. The Labute approximate surface area is 131 Å². The van der Waals surface area contributed by atoms with E-state index in [1.807, 2.05) is 13.8 Å². The Morgan fingerprint density at radius 3 is 2.57 bits per heavy atom. The molecule has 1 N–H and O–H groups in total. The van der Waals surface area contributed by atoms with E-state index in [0.29, 0.717) is 5.69 Å². The Hall–Kier alpha value is -2.64. The van der Waals surface area contributed by atoms with Gasteiger partial charge in [0.25, 0.3) is 6.43 Å². The molecule has 0 saturated carbocycles. The van der Waals surface area contributed by atoms with Crippen LogP contribution in [0.3, 0.4) is 0 Å². The molecule has 0 aliphatic carbocycles. The van der Waals surface area contributed by atoms with Crippen molar-refractivity contribution in [1.82, 2.24) is 19.7 Å². The minimum atomic E-state index is -2.68. The molecule has 0 fully saturated rings. The van der Waals surface area contributed by atoms with Crippen LogP contribution >= 0.6 is 0 Å². The molecule has 8 heteroatoms. The molecular formula is C15H16F2N4O2. The van der Waals surface area contributed by atoms with E-state index in [2.05, 4.69) is 15.1 Å². The van der Waals surface area contributed by atoms with E-state index in [4.69, 9.17) is 5.11 Å². The van der Waals surface area contributed by atoms with Crippen LogP contribution in [0, 0.1) is 0 Å². The molecule has 0 aliphatic rings. The van der Waals surface area contributed by atoms with Gasteiger partial charge < -0.3 is 5.11 Å². The molecule has 2 aromatic heterocycles.